The Hall–Kier alpha value is -4.42. The average molecular weight is 435 g/mol. The van der Waals surface area contributed by atoms with Crippen molar-refractivity contribution >= 4 is 23.3 Å². The molecule has 0 bridgehead atoms. The zero-order chi connectivity index (χ0) is 23.0. The number of benzene rings is 5. The normalized spacial score (nSPS) is 11.9. The van der Waals surface area contributed by atoms with E-state index in [9.17, 15) is 0 Å². The molecule has 0 fully saturated rings. The molecule has 5 rings (SSSR count). The molecule has 0 aliphatic carbocycles. The first-order chi connectivity index (χ1) is 16.9. The average Bonchev–Trinajstić information content (AvgIpc) is 2.92. The van der Waals surface area contributed by atoms with Crippen LogP contribution in [0.1, 0.15) is 33.4 Å². The molecule has 162 valence electrons. The van der Waals surface area contributed by atoms with Gasteiger partial charge in [-0.15, -0.1) is 0 Å². The van der Waals surface area contributed by atoms with E-state index >= 15 is 0 Å². The molecule has 5 aromatic carbocycles. The lowest BCUT2D eigenvalue weighted by molar-refractivity contribution is 1.51. The summed E-state index contributed by atoms with van der Waals surface area (Å²) >= 11 is 0. The number of hydrogen-bond acceptors (Lipinski definition) is 0. The Balaban J connectivity index is 1.66. The van der Waals surface area contributed by atoms with Crippen LogP contribution in [0.15, 0.2) is 146 Å². The van der Waals surface area contributed by atoms with Gasteiger partial charge in [-0.3, -0.25) is 0 Å². The highest BCUT2D eigenvalue weighted by Crippen LogP contribution is 2.31. The Kier molecular flexibility index (Phi) is 6.59. The Morgan fingerprint density at radius 3 is 1.03 bits per heavy atom. The quantitative estimate of drug-likeness (QED) is 0.234. The second-order valence-electron chi connectivity index (χ2n) is 8.25. The van der Waals surface area contributed by atoms with Gasteiger partial charge in [-0.2, -0.15) is 0 Å². The van der Waals surface area contributed by atoms with Crippen LogP contribution < -0.4 is 0 Å². The van der Waals surface area contributed by atoms with Crippen LogP contribution in [0.2, 0.25) is 0 Å². The van der Waals surface area contributed by atoms with Crippen molar-refractivity contribution in [2.75, 3.05) is 0 Å². The second-order valence-corrected chi connectivity index (χ2v) is 8.25. The van der Waals surface area contributed by atoms with Crippen LogP contribution in [0.4, 0.5) is 0 Å². The molecule has 0 aliphatic rings. The molecular weight excluding hydrogens is 408 g/mol. The largest absolute Gasteiger partial charge is 0.0622 e. The summed E-state index contributed by atoms with van der Waals surface area (Å²) in [4.78, 5) is 0. The fourth-order valence-electron chi connectivity index (χ4n) is 4.19. The van der Waals surface area contributed by atoms with Crippen LogP contribution >= 0.6 is 0 Å². The molecular formula is C34H26. The lowest BCUT2D eigenvalue weighted by atomic mass is 9.90. The first-order valence-corrected chi connectivity index (χ1v) is 11.6. The highest BCUT2D eigenvalue weighted by atomic mass is 14.1. The van der Waals surface area contributed by atoms with Crippen LogP contribution in [0.5, 0.6) is 0 Å². The van der Waals surface area contributed by atoms with Crippen molar-refractivity contribution in [1.29, 1.82) is 0 Å². The van der Waals surface area contributed by atoms with Crippen LogP contribution in [-0.2, 0) is 0 Å². The Bertz CT molecular complexity index is 1290. The zero-order valence-corrected chi connectivity index (χ0v) is 19.0. The van der Waals surface area contributed by atoms with Crippen molar-refractivity contribution in [2.45, 2.75) is 0 Å². The molecule has 0 heteroatoms. The highest BCUT2D eigenvalue weighted by Gasteiger charge is 2.10. The predicted molar refractivity (Wildman–Crippen MR) is 146 cm³/mol. The first kappa shape index (κ1) is 21.4. The summed E-state index contributed by atoms with van der Waals surface area (Å²) < 4.78 is 0. The summed E-state index contributed by atoms with van der Waals surface area (Å²) in [7, 11) is 0. The van der Waals surface area contributed by atoms with Gasteiger partial charge in [-0.1, -0.05) is 140 Å². The maximum Gasteiger partial charge on any atom is -0.0105 e. The van der Waals surface area contributed by atoms with Crippen molar-refractivity contribution in [1.82, 2.24) is 0 Å². The fraction of sp³-hybridized carbons (Fsp3) is 0. The molecule has 0 amide bonds. The predicted octanol–water partition coefficient (Wildman–Crippen LogP) is 8.86. The third-order valence-electron chi connectivity index (χ3n) is 5.88. The van der Waals surface area contributed by atoms with Crippen LogP contribution in [0, 0.1) is 0 Å². The molecule has 0 atom stereocenters. The summed E-state index contributed by atoms with van der Waals surface area (Å²) in [5.41, 5.74) is 9.60. The van der Waals surface area contributed by atoms with Gasteiger partial charge in [0.05, 0.1) is 0 Å². The van der Waals surface area contributed by atoms with Crippen molar-refractivity contribution in [3.8, 4) is 0 Å². The molecule has 0 aromatic heterocycles. The molecule has 0 unspecified atom stereocenters. The van der Waals surface area contributed by atoms with Gasteiger partial charge in [0.1, 0.15) is 0 Å². The van der Waals surface area contributed by atoms with E-state index in [-0.39, 0.29) is 0 Å². The van der Waals surface area contributed by atoms with E-state index in [2.05, 4.69) is 158 Å². The Morgan fingerprint density at radius 2 is 0.647 bits per heavy atom. The third kappa shape index (κ3) is 5.14. The summed E-state index contributed by atoms with van der Waals surface area (Å²) in [5, 5.41) is 0. The smallest absolute Gasteiger partial charge is 0.0105 e. The highest BCUT2D eigenvalue weighted by molar-refractivity contribution is 5.95. The number of rotatable bonds is 6. The van der Waals surface area contributed by atoms with E-state index in [1.807, 2.05) is 0 Å². The van der Waals surface area contributed by atoms with E-state index in [4.69, 9.17) is 0 Å². The molecule has 5 aromatic rings. The fourth-order valence-corrected chi connectivity index (χ4v) is 4.19. The van der Waals surface area contributed by atoms with E-state index in [0.29, 0.717) is 0 Å². The van der Waals surface area contributed by atoms with Crippen LogP contribution in [0.25, 0.3) is 23.3 Å². The van der Waals surface area contributed by atoms with Crippen molar-refractivity contribution in [2.24, 2.45) is 0 Å². The minimum atomic E-state index is 1.19. The maximum atomic E-state index is 2.31. The lowest BCUT2D eigenvalue weighted by Crippen LogP contribution is -1.93. The molecule has 0 N–H and O–H groups in total. The van der Waals surface area contributed by atoms with Gasteiger partial charge >= 0.3 is 0 Å². The molecule has 0 heterocycles. The monoisotopic (exact) mass is 434 g/mol. The van der Waals surface area contributed by atoms with Gasteiger partial charge in [-0.25, -0.2) is 0 Å². The van der Waals surface area contributed by atoms with E-state index in [1.54, 1.807) is 0 Å². The summed E-state index contributed by atoms with van der Waals surface area (Å²) in [5.74, 6) is 0. The van der Waals surface area contributed by atoms with Gasteiger partial charge in [0.2, 0.25) is 0 Å². The minimum absolute atomic E-state index is 1.19. The second kappa shape index (κ2) is 10.5. The summed E-state index contributed by atoms with van der Waals surface area (Å²) in [6.45, 7) is 0. The molecule has 0 radical (unpaired) electrons. The van der Waals surface area contributed by atoms with E-state index in [1.165, 1.54) is 44.5 Å². The standard InChI is InChI=1S/C34H26/c1-5-14-27(15-6-1)24-33(29-18-9-3-10-19-29)31-22-13-23-32(26-31)34(30-20-11-4-12-21-30)25-28-16-7-2-8-17-28/h1-26H. The van der Waals surface area contributed by atoms with Crippen molar-refractivity contribution < 1.29 is 0 Å². The first-order valence-electron chi connectivity index (χ1n) is 11.6. The summed E-state index contributed by atoms with van der Waals surface area (Å²) in [6.07, 6.45) is 4.55. The SMILES string of the molecule is C(=C(c1ccccc1)c1cccc(C(=Cc2ccccc2)c2ccccc2)c1)c1ccccc1. The maximum absolute atomic E-state index is 2.31. The van der Waals surface area contributed by atoms with Crippen molar-refractivity contribution in [3.05, 3.63) is 179 Å². The van der Waals surface area contributed by atoms with Crippen molar-refractivity contribution in [3.63, 3.8) is 0 Å². The van der Waals surface area contributed by atoms with E-state index in [0.717, 1.165) is 0 Å². The summed E-state index contributed by atoms with van der Waals surface area (Å²) in [6, 6.07) is 51.2. The van der Waals surface area contributed by atoms with Crippen LogP contribution in [0.3, 0.4) is 0 Å². The van der Waals surface area contributed by atoms with Gasteiger partial charge in [0, 0.05) is 0 Å². The zero-order valence-electron chi connectivity index (χ0n) is 19.0. The topological polar surface area (TPSA) is 0 Å². The van der Waals surface area contributed by atoms with Gasteiger partial charge in [-0.05, 0) is 62.7 Å². The molecule has 0 nitrogen and oxygen atoms in total. The van der Waals surface area contributed by atoms with E-state index < -0.39 is 0 Å². The Morgan fingerprint density at radius 1 is 0.324 bits per heavy atom. The van der Waals surface area contributed by atoms with Crippen LogP contribution in [-0.4, -0.2) is 0 Å². The Labute approximate surface area is 202 Å². The molecule has 34 heavy (non-hydrogen) atoms. The van der Waals surface area contributed by atoms with Gasteiger partial charge in [0.15, 0.2) is 0 Å². The lowest BCUT2D eigenvalue weighted by Gasteiger charge is -2.14. The van der Waals surface area contributed by atoms with Gasteiger partial charge in [0.25, 0.3) is 0 Å². The minimum Gasteiger partial charge on any atom is -0.0622 e. The molecule has 0 aliphatic heterocycles. The number of hydrogen-bond donors (Lipinski definition) is 0. The van der Waals surface area contributed by atoms with Gasteiger partial charge < -0.3 is 0 Å². The molecule has 0 saturated heterocycles. The molecule has 0 spiro atoms. The molecule has 0 saturated carbocycles. The third-order valence-corrected chi connectivity index (χ3v) is 5.88.